The lowest BCUT2D eigenvalue weighted by Gasteiger charge is -2.03. The molecule has 0 spiro atoms. The molecule has 0 aliphatic heterocycles. The minimum Gasteiger partial charge on any atom is -0.346 e. The minimum atomic E-state index is 0.614. The van der Waals surface area contributed by atoms with Crippen molar-refractivity contribution in [1.82, 2.24) is 14.6 Å². The molecule has 0 amide bonds. The largest absolute Gasteiger partial charge is 0.346 e. The fourth-order valence-corrected chi connectivity index (χ4v) is 1.25. The van der Waals surface area contributed by atoms with Crippen LogP contribution < -0.4 is 4.90 Å². The van der Waals surface area contributed by atoms with Gasteiger partial charge in [0, 0.05) is 20.3 Å². The van der Waals surface area contributed by atoms with E-state index >= 15 is 0 Å². The minimum absolute atomic E-state index is 0.614. The molecule has 5 heteroatoms. The fraction of sp³-hybridized carbons (Fsp3) is 0.250. The summed E-state index contributed by atoms with van der Waals surface area (Å²) in [5.41, 5.74) is 0.688. The third kappa shape index (κ3) is 1.33. The third-order valence-corrected chi connectivity index (χ3v) is 2.00. The lowest BCUT2D eigenvalue weighted by Crippen LogP contribution is -2.10. The maximum atomic E-state index is 5.93. The van der Waals surface area contributed by atoms with Crippen molar-refractivity contribution in [2.45, 2.75) is 0 Å². The van der Waals surface area contributed by atoms with E-state index in [0.29, 0.717) is 16.6 Å². The third-order valence-electron chi connectivity index (χ3n) is 1.70. The van der Waals surface area contributed by atoms with Crippen molar-refractivity contribution in [3.8, 4) is 0 Å². The SMILES string of the molecule is CN(C)c1nc2c(Cl)cccn2n1. The van der Waals surface area contributed by atoms with Crippen molar-refractivity contribution in [1.29, 1.82) is 0 Å². The second kappa shape index (κ2) is 2.88. The second-order valence-electron chi connectivity index (χ2n) is 2.93. The number of hydrogen-bond acceptors (Lipinski definition) is 3. The molecule has 0 atom stereocenters. The second-order valence-corrected chi connectivity index (χ2v) is 3.34. The first-order chi connectivity index (χ1) is 6.18. The highest BCUT2D eigenvalue weighted by molar-refractivity contribution is 6.33. The van der Waals surface area contributed by atoms with Gasteiger partial charge in [0.2, 0.25) is 5.95 Å². The zero-order valence-electron chi connectivity index (χ0n) is 7.40. The van der Waals surface area contributed by atoms with Gasteiger partial charge in [0.25, 0.3) is 0 Å². The first-order valence-corrected chi connectivity index (χ1v) is 4.24. The van der Waals surface area contributed by atoms with Gasteiger partial charge < -0.3 is 4.90 Å². The Bertz CT molecular complexity index is 435. The Morgan fingerprint density at radius 1 is 1.46 bits per heavy atom. The van der Waals surface area contributed by atoms with Gasteiger partial charge in [-0.15, -0.1) is 5.10 Å². The molecule has 0 saturated carbocycles. The van der Waals surface area contributed by atoms with Crippen molar-refractivity contribution in [2.75, 3.05) is 19.0 Å². The molecular weight excluding hydrogens is 188 g/mol. The van der Waals surface area contributed by atoms with E-state index in [2.05, 4.69) is 10.1 Å². The van der Waals surface area contributed by atoms with Crippen LogP contribution in [0.1, 0.15) is 0 Å². The number of pyridine rings is 1. The Morgan fingerprint density at radius 2 is 2.23 bits per heavy atom. The number of fused-ring (bicyclic) bond motifs is 1. The average Bonchev–Trinajstić information content (AvgIpc) is 2.49. The zero-order valence-corrected chi connectivity index (χ0v) is 8.15. The Hall–Kier alpha value is -1.29. The summed E-state index contributed by atoms with van der Waals surface area (Å²) in [6.07, 6.45) is 1.82. The van der Waals surface area contributed by atoms with Crippen LogP contribution in [0, 0.1) is 0 Å². The molecule has 0 aliphatic carbocycles. The van der Waals surface area contributed by atoms with Crippen molar-refractivity contribution in [3.05, 3.63) is 23.4 Å². The van der Waals surface area contributed by atoms with Crippen LogP contribution in [-0.4, -0.2) is 28.7 Å². The maximum Gasteiger partial charge on any atom is 0.245 e. The Morgan fingerprint density at radius 3 is 2.85 bits per heavy atom. The van der Waals surface area contributed by atoms with Gasteiger partial charge in [-0.3, -0.25) is 0 Å². The smallest absolute Gasteiger partial charge is 0.245 e. The van der Waals surface area contributed by atoms with E-state index in [1.54, 1.807) is 10.6 Å². The standard InChI is InChI=1S/C8H9ClN4/c1-12(2)8-10-7-6(9)4-3-5-13(7)11-8/h3-5H,1-2H3. The van der Waals surface area contributed by atoms with Crippen molar-refractivity contribution in [2.24, 2.45) is 0 Å². The monoisotopic (exact) mass is 196 g/mol. The van der Waals surface area contributed by atoms with Crippen LogP contribution in [-0.2, 0) is 0 Å². The molecule has 0 aromatic carbocycles. The zero-order chi connectivity index (χ0) is 9.42. The Kier molecular flexibility index (Phi) is 1.84. The van der Waals surface area contributed by atoms with Gasteiger partial charge in [0.05, 0.1) is 5.02 Å². The molecule has 4 nitrogen and oxygen atoms in total. The van der Waals surface area contributed by atoms with E-state index in [0.717, 1.165) is 0 Å². The van der Waals surface area contributed by atoms with E-state index < -0.39 is 0 Å². The average molecular weight is 197 g/mol. The summed E-state index contributed by atoms with van der Waals surface area (Å²) >= 11 is 5.93. The lowest BCUT2D eigenvalue weighted by atomic mass is 10.5. The highest BCUT2D eigenvalue weighted by Crippen LogP contribution is 2.16. The van der Waals surface area contributed by atoms with E-state index in [1.165, 1.54) is 0 Å². The van der Waals surface area contributed by atoms with Crippen LogP contribution >= 0.6 is 11.6 Å². The first kappa shape index (κ1) is 8.31. The van der Waals surface area contributed by atoms with Crippen LogP contribution in [0.2, 0.25) is 5.02 Å². The first-order valence-electron chi connectivity index (χ1n) is 3.86. The van der Waals surface area contributed by atoms with Gasteiger partial charge >= 0.3 is 0 Å². The number of aromatic nitrogens is 3. The Balaban J connectivity index is 2.68. The normalized spacial score (nSPS) is 10.7. The molecule has 0 saturated heterocycles. The van der Waals surface area contributed by atoms with Gasteiger partial charge in [-0.05, 0) is 12.1 Å². The number of nitrogens with zero attached hydrogens (tertiary/aromatic N) is 4. The van der Waals surface area contributed by atoms with E-state index in [1.807, 2.05) is 31.3 Å². The summed E-state index contributed by atoms with van der Waals surface area (Å²) in [6.45, 7) is 0. The molecular formula is C8H9ClN4. The number of hydrogen-bond donors (Lipinski definition) is 0. The lowest BCUT2D eigenvalue weighted by molar-refractivity contribution is 0.927. The quantitative estimate of drug-likeness (QED) is 0.692. The highest BCUT2D eigenvalue weighted by Gasteiger charge is 2.06. The van der Waals surface area contributed by atoms with E-state index in [4.69, 9.17) is 11.6 Å². The van der Waals surface area contributed by atoms with Crippen LogP contribution in [0.15, 0.2) is 18.3 Å². The highest BCUT2D eigenvalue weighted by atomic mass is 35.5. The van der Waals surface area contributed by atoms with Crippen molar-refractivity contribution < 1.29 is 0 Å². The van der Waals surface area contributed by atoms with Crippen LogP contribution in [0.3, 0.4) is 0 Å². The molecule has 13 heavy (non-hydrogen) atoms. The van der Waals surface area contributed by atoms with E-state index in [9.17, 15) is 0 Å². The summed E-state index contributed by atoms with van der Waals surface area (Å²) in [4.78, 5) is 6.09. The van der Waals surface area contributed by atoms with Crippen LogP contribution in [0.25, 0.3) is 5.65 Å². The molecule has 0 unspecified atom stereocenters. The molecule has 0 bridgehead atoms. The molecule has 2 heterocycles. The van der Waals surface area contributed by atoms with Crippen LogP contribution in [0.4, 0.5) is 5.95 Å². The van der Waals surface area contributed by atoms with Gasteiger partial charge in [-0.1, -0.05) is 11.6 Å². The van der Waals surface area contributed by atoms with Gasteiger partial charge in [0.1, 0.15) is 0 Å². The van der Waals surface area contributed by atoms with Crippen molar-refractivity contribution in [3.63, 3.8) is 0 Å². The summed E-state index contributed by atoms with van der Waals surface area (Å²) in [6, 6.07) is 3.63. The fourth-order valence-electron chi connectivity index (χ4n) is 1.05. The molecule has 68 valence electrons. The van der Waals surface area contributed by atoms with E-state index in [-0.39, 0.29) is 0 Å². The molecule has 2 aromatic rings. The number of rotatable bonds is 1. The van der Waals surface area contributed by atoms with Gasteiger partial charge in [-0.2, -0.15) is 4.98 Å². The predicted octanol–water partition coefficient (Wildman–Crippen LogP) is 1.45. The summed E-state index contributed by atoms with van der Waals surface area (Å²) in [5.74, 6) is 0.660. The van der Waals surface area contributed by atoms with Gasteiger partial charge in [0.15, 0.2) is 5.65 Å². The molecule has 0 fully saturated rings. The summed E-state index contributed by atoms with van der Waals surface area (Å²) in [7, 11) is 3.78. The molecule has 0 radical (unpaired) electrons. The van der Waals surface area contributed by atoms with Crippen molar-refractivity contribution >= 4 is 23.2 Å². The van der Waals surface area contributed by atoms with Gasteiger partial charge in [-0.25, -0.2) is 4.52 Å². The summed E-state index contributed by atoms with van der Waals surface area (Å²) < 4.78 is 1.66. The number of halogens is 1. The topological polar surface area (TPSA) is 33.4 Å². The molecule has 0 aliphatic rings. The number of anilines is 1. The molecule has 0 N–H and O–H groups in total. The summed E-state index contributed by atoms with van der Waals surface area (Å²) in [5, 5.41) is 4.83. The predicted molar refractivity (Wildman–Crippen MR) is 52.3 cm³/mol. The molecule has 2 rings (SSSR count). The molecule has 2 aromatic heterocycles. The Labute approximate surface area is 80.8 Å². The maximum absolute atomic E-state index is 5.93. The van der Waals surface area contributed by atoms with Crippen LogP contribution in [0.5, 0.6) is 0 Å².